The fraction of sp³-hybridized carbons (Fsp3) is 0.296. The maximum atomic E-state index is 12.6. The number of anilines is 2. The molecule has 0 atom stereocenters. The zero-order chi connectivity index (χ0) is 24.4. The lowest BCUT2D eigenvalue weighted by Gasteiger charge is -2.32. The number of rotatable bonds is 5. The molecule has 0 radical (unpaired) electrons. The second-order valence-corrected chi connectivity index (χ2v) is 9.27. The van der Waals surface area contributed by atoms with Crippen molar-refractivity contribution >= 4 is 28.3 Å². The minimum Gasteiger partial charge on any atom is -0.308 e. The molecule has 5 rings (SSSR count). The minimum absolute atomic E-state index is 0.264. The summed E-state index contributed by atoms with van der Waals surface area (Å²) in [5.74, 6) is 0. The van der Waals surface area contributed by atoms with Crippen LogP contribution >= 0.6 is 0 Å². The number of urea groups is 1. The summed E-state index contributed by atoms with van der Waals surface area (Å²) in [5.41, 5.74) is 7.01. The van der Waals surface area contributed by atoms with Crippen LogP contribution in [0.15, 0.2) is 61.1 Å². The van der Waals surface area contributed by atoms with Crippen LogP contribution in [0.25, 0.3) is 22.0 Å². The number of benzene rings is 2. The Kier molecular flexibility index (Phi) is 6.48. The number of fused-ring (bicyclic) bond motifs is 1. The summed E-state index contributed by atoms with van der Waals surface area (Å²) >= 11 is 0. The second kappa shape index (κ2) is 9.85. The van der Waals surface area contributed by atoms with E-state index in [1.54, 1.807) is 0 Å². The van der Waals surface area contributed by atoms with Gasteiger partial charge in [-0.05, 0) is 54.9 Å². The summed E-state index contributed by atoms with van der Waals surface area (Å²) in [7, 11) is 4.07. The molecule has 0 spiro atoms. The monoisotopic (exact) mass is 469 g/mol. The van der Waals surface area contributed by atoms with Crippen LogP contribution in [-0.4, -0.2) is 63.8 Å². The highest BCUT2D eigenvalue weighted by molar-refractivity contribution is 6.00. The number of likely N-dealkylation sites (N-methyl/N-ethyl adjacent to an activating group) is 1. The minimum atomic E-state index is -0.264. The summed E-state index contributed by atoms with van der Waals surface area (Å²) in [5, 5.41) is 11.2. The maximum absolute atomic E-state index is 12.6. The predicted molar refractivity (Wildman–Crippen MR) is 141 cm³/mol. The van der Waals surface area contributed by atoms with Crippen LogP contribution in [0.3, 0.4) is 0 Å². The van der Waals surface area contributed by atoms with Gasteiger partial charge in [0.25, 0.3) is 0 Å². The van der Waals surface area contributed by atoms with Gasteiger partial charge in [0.1, 0.15) is 0 Å². The first-order valence-corrected chi connectivity index (χ1v) is 11.9. The van der Waals surface area contributed by atoms with E-state index < -0.39 is 0 Å². The third kappa shape index (κ3) is 5.18. The van der Waals surface area contributed by atoms with E-state index in [1.807, 2.05) is 66.7 Å². The van der Waals surface area contributed by atoms with Crippen molar-refractivity contribution in [1.29, 1.82) is 0 Å². The Morgan fingerprint density at radius 1 is 0.914 bits per heavy atom. The fourth-order valence-corrected chi connectivity index (χ4v) is 4.51. The van der Waals surface area contributed by atoms with Gasteiger partial charge >= 0.3 is 6.03 Å². The first kappa shape index (κ1) is 23.0. The van der Waals surface area contributed by atoms with Gasteiger partial charge in [-0.25, -0.2) is 4.79 Å². The van der Waals surface area contributed by atoms with Crippen molar-refractivity contribution in [3.05, 3.63) is 72.2 Å². The van der Waals surface area contributed by atoms with Crippen LogP contribution in [-0.2, 0) is 13.6 Å². The van der Waals surface area contributed by atoms with E-state index in [0.29, 0.717) is 0 Å². The Balaban J connectivity index is 1.20. The number of amides is 2. The Hall–Kier alpha value is -3.75. The zero-order valence-electron chi connectivity index (χ0n) is 20.5. The molecule has 2 amide bonds. The van der Waals surface area contributed by atoms with Gasteiger partial charge in [-0.1, -0.05) is 18.2 Å². The molecule has 1 aliphatic heterocycles. The molecule has 35 heavy (non-hydrogen) atoms. The van der Waals surface area contributed by atoms with Crippen LogP contribution in [0.1, 0.15) is 11.1 Å². The van der Waals surface area contributed by atoms with E-state index in [0.717, 1.165) is 66.1 Å². The molecule has 0 aliphatic carbocycles. The van der Waals surface area contributed by atoms with Gasteiger partial charge in [0.2, 0.25) is 0 Å². The molecule has 0 saturated carbocycles. The van der Waals surface area contributed by atoms with Crippen LogP contribution in [0.4, 0.5) is 16.2 Å². The maximum Gasteiger partial charge on any atom is 0.323 e. The van der Waals surface area contributed by atoms with E-state index in [4.69, 9.17) is 0 Å². The number of piperazine rings is 1. The molecular weight excluding hydrogens is 438 g/mol. The molecule has 1 aliphatic rings. The number of carbonyl (C=O) groups excluding carboxylic acids is 1. The molecule has 180 valence electrons. The summed E-state index contributed by atoms with van der Waals surface area (Å²) in [6, 6.07) is 13.6. The van der Waals surface area contributed by atoms with E-state index in [-0.39, 0.29) is 6.03 Å². The van der Waals surface area contributed by atoms with Crippen molar-refractivity contribution in [3.63, 3.8) is 0 Å². The highest BCUT2D eigenvalue weighted by atomic mass is 16.2. The number of carbonyl (C=O) groups is 1. The molecule has 8 heteroatoms. The van der Waals surface area contributed by atoms with Crippen molar-refractivity contribution < 1.29 is 4.79 Å². The molecule has 0 unspecified atom stereocenters. The number of hydrogen-bond donors (Lipinski definition) is 2. The SMILES string of the molecule is Cc1cc(NC(=O)Nc2ccc(-c3cncc4c3cnn4C)cc2)ccc1CN1CCN(C)CC1. The van der Waals surface area contributed by atoms with Crippen molar-refractivity contribution in [2.75, 3.05) is 43.9 Å². The third-order valence-corrected chi connectivity index (χ3v) is 6.72. The van der Waals surface area contributed by atoms with Crippen LogP contribution < -0.4 is 10.6 Å². The van der Waals surface area contributed by atoms with Gasteiger partial charge < -0.3 is 15.5 Å². The van der Waals surface area contributed by atoms with Gasteiger partial charge in [0, 0.05) is 68.3 Å². The Morgan fingerprint density at radius 2 is 1.63 bits per heavy atom. The molecule has 2 aromatic heterocycles. The predicted octanol–water partition coefficient (Wildman–Crippen LogP) is 4.34. The first-order valence-electron chi connectivity index (χ1n) is 11.9. The molecular formula is C27H31N7O. The van der Waals surface area contributed by atoms with Crippen molar-refractivity contribution in [3.8, 4) is 11.1 Å². The lowest BCUT2D eigenvalue weighted by molar-refractivity contribution is 0.148. The average Bonchev–Trinajstić information content (AvgIpc) is 3.23. The lowest BCUT2D eigenvalue weighted by Crippen LogP contribution is -2.43. The molecule has 3 heterocycles. The smallest absolute Gasteiger partial charge is 0.308 e. The summed E-state index contributed by atoms with van der Waals surface area (Å²) in [6.07, 6.45) is 5.51. The van der Waals surface area contributed by atoms with Crippen LogP contribution in [0.5, 0.6) is 0 Å². The number of nitrogens with zero attached hydrogens (tertiary/aromatic N) is 5. The highest BCUT2D eigenvalue weighted by Gasteiger charge is 2.15. The standard InChI is InChI=1S/C27H31N7O/c1-19-14-23(9-6-21(19)18-34-12-10-32(2)11-13-34)31-27(35)30-22-7-4-20(5-8-22)24-15-28-17-26-25(24)16-29-33(26)3/h4-9,14-17H,10-13,18H2,1-3H3,(H2,30,31,35). The van der Waals surface area contributed by atoms with Gasteiger partial charge in [0.05, 0.1) is 17.9 Å². The first-order chi connectivity index (χ1) is 17.0. The fourth-order valence-electron chi connectivity index (χ4n) is 4.51. The Bertz CT molecular complexity index is 1340. The highest BCUT2D eigenvalue weighted by Crippen LogP contribution is 2.28. The zero-order valence-corrected chi connectivity index (χ0v) is 20.5. The van der Waals surface area contributed by atoms with Gasteiger partial charge in [-0.2, -0.15) is 5.10 Å². The Morgan fingerprint density at radius 3 is 2.37 bits per heavy atom. The van der Waals surface area contributed by atoms with E-state index >= 15 is 0 Å². The van der Waals surface area contributed by atoms with E-state index in [2.05, 4.69) is 50.6 Å². The van der Waals surface area contributed by atoms with Crippen molar-refractivity contribution in [2.45, 2.75) is 13.5 Å². The largest absolute Gasteiger partial charge is 0.323 e. The summed E-state index contributed by atoms with van der Waals surface area (Å²) in [6.45, 7) is 7.44. The molecule has 2 N–H and O–H groups in total. The lowest BCUT2D eigenvalue weighted by atomic mass is 10.0. The third-order valence-electron chi connectivity index (χ3n) is 6.72. The van der Waals surface area contributed by atoms with Crippen molar-refractivity contribution in [1.82, 2.24) is 24.6 Å². The molecule has 8 nitrogen and oxygen atoms in total. The molecule has 2 aromatic carbocycles. The topological polar surface area (TPSA) is 78.3 Å². The molecule has 1 fully saturated rings. The quantitative estimate of drug-likeness (QED) is 0.455. The number of aryl methyl sites for hydroxylation is 2. The number of nitrogens with one attached hydrogen (secondary N) is 2. The summed E-state index contributed by atoms with van der Waals surface area (Å²) < 4.78 is 1.81. The van der Waals surface area contributed by atoms with Gasteiger partial charge in [0.15, 0.2) is 0 Å². The van der Waals surface area contributed by atoms with E-state index in [1.165, 1.54) is 11.1 Å². The molecule has 1 saturated heterocycles. The van der Waals surface area contributed by atoms with E-state index in [9.17, 15) is 4.79 Å². The average molecular weight is 470 g/mol. The van der Waals surface area contributed by atoms with Crippen LogP contribution in [0.2, 0.25) is 0 Å². The Labute approximate surface area is 205 Å². The normalized spacial score (nSPS) is 14.8. The second-order valence-electron chi connectivity index (χ2n) is 9.27. The number of aromatic nitrogens is 3. The number of pyridine rings is 1. The van der Waals surface area contributed by atoms with Gasteiger partial charge in [-0.15, -0.1) is 0 Å². The summed E-state index contributed by atoms with van der Waals surface area (Å²) in [4.78, 5) is 21.8. The van der Waals surface area contributed by atoms with Gasteiger partial charge in [-0.3, -0.25) is 14.6 Å². The van der Waals surface area contributed by atoms with Crippen molar-refractivity contribution in [2.24, 2.45) is 7.05 Å². The number of hydrogen-bond acceptors (Lipinski definition) is 5. The van der Waals surface area contributed by atoms with Crippen LogP contribution in [0, 0.1) is 6.92 Å². The molecule has 0 bridgehead atoms. The molecule has 4 aromatic rings.